The molecule has 6 unspecified atom stereocenters. The second kappa shape index (κ2) is 4.22. The molecule has 1 aliphatic carbocycles. The van der Waals surface area contributed by atoms with Crippen molar-refractivity contribution < 1.29 is 19.1 Å². The normalized spacial score (nSPS) is 49.7. The van der Waals surface area contributed by atoms with Crippen molar-refractivity contribution in [1.29, 1.82) is 0 Å². The number of rotatable bonds is 0. The summed E-state index contributed by atoms with van der Waals surface area (Å²) in [6.07, 6.45) is 2.36. The maximum Gasteiger partial charge on any atom is 0.309 e. The third kappa shape index (κ3) is 1.96. The molecule has 0 radical (unpaired) electrons. The molecule has 0 spiro atoms. The summed E-state index contributed by atoms with van der Waals surface area (Å²) in [6, 6.07) is 0. The van der Waals surface area contributed by atoms with E-state index >= 15 is 0 Å². The van der Waals surface area contributed by atoms with Crippen molar-refractivity contribution in [1.82, 2.24) is 0 Å². The lowest BCUT2D eigenvalue weighted by atomic mass is 9.66. The van der Waals surface area contributed by atoms with Gasteiger partial charge >= 0.3 is 11.9 Å². The number of hydrogen-bond donors (Lipinski definition) is 0. The Morgan fingerprint density at radius 3 is 2.74 bits per heavy atom. The molecule has 2 aliphatic heterocycles. The molecule has 3 fully saturated rings. The Bertz CT molecular complexity index is 418. The van der Waals surface area contributed by atoms with Crippen LogP contribution in [0.5, 0.6) is 0 Å². The van der Waals surface area contributed by atoms with Gasteiger partial charge in [-0.25, -0.2) is 0 Å². The zero-order valence-corrected chi connectivity index (χ0v) is 11.8. The van der Waals surface area contributed by atoms with Crippen LogP contribution in [0.3, 0.4) is 0 Å². The molecule has 0 aromatic carbocycles. The Labute approximate surface area is 113 Å². The van der Waals surface area contributed by atoms with E-state index in [0.29, 0.717) is 24.9 Å². The summed E-state index contributed by atoms with van der Waals surface area (Å²) in [6.45, 7) is 6.85. The summed E-state index contributed by atoms with van der Waals surface area (Å²) in [5.41, 5.74) is -0.00498. The van der Waals surface area contributed by atoms with E-state index in [1.807, 2.05) is 6.92 Å². The quantitative estimate of drug-likeness (QED) is 0.630. The van der Waals surface area contributed by atoms with Crippen molar-refractivity contribution in [3.63, 3.8) is 0 Å². The van der Waals surface area contributed by atoms with Gasteiger partial charge in [0.1, 0.15) is 6.10 Å². The molecule has 0 aromatic rings. The van der Waals surface area contributed by atoms with Gasteiger partial charge in [0.2, 0.25) is 0 Å². The third-order valence-corrected chi connectivity index (χ3v) is 5.60. The second-order valence-electron chi connectivity index (χ2n) is 6.97. The van der Waals surface area contributed by atoms with Crippen LogP contribution >= 0.6 is 0 Å². The Kier molecular flexibility index (Phi) is 2.88. The molecule has 3 rings (SSSR count). The van der Waals surface area contributed by atoms with Gasteiger partial charge in [-0.05, 0) is 24.7 Å². The maximum atomic E-state index is 11.8. The SMILES string of the molecule is CC1CC2OC(=O)C(C)C2CC2(C)COC(=O)CC12. The third-order valence-electron chi connectivity index (χ3n) is 5.60. The fraction of sp³-hybridized carbons (Fsp3) is 0.867. The summed E-state index contributed by atoms with van der Waals surface area (Å²) in [4.78, 5) is 23.3. The average molecular weight is 266 g/mol. The zero-order chi connectivity index (χ0) is 13.8. The van der Waals surface area contributed by atoms with Gasteiger partial charge in [-0.1, -0.05) is 20.8 Å². The summed E-state index contributed by atoms with van der Waals surface area (Å²) in [7, 11) is 0. The number of fused-ring (bicyclic) bond motifs is 2. The largest absolute Gasteiger partial charge is 0.465 e. The number of esters is 2. The first kappa shape index (κ1) is 12.9. The van der Waals surface area contributed by atoms with Gasteiger partial charge in [0, 0.05) is 17.8 Å². The predicted molar refractivity (Wildman–Crippen MR) is 68.1 cm³/mol. The predicted octanol–water partition coefficient (Wildman–Crippen LogP) is 2.16. The molecule has 0 aromatic heterocycles. The van der Waals surface area contributed by atoms with Crippen molar-refractivity contribution in [3.05, 3.63) is 0 Å². The van der Waals surface area contributed by atoms with E-state index < -0.39 is 0 Å². The molecule has 3 aliphatic rings. The topological polar surface area (TPSA) is 52.6 Å². The highest BCUT2D eigenvalue weighted by Crippen LogP contribution is 2.52. The highest BCUT2D eigenvalue weighted by molar-refractivity contribution is 5.75. The highest BCUT2D eigenvalue weighted by atomic mass is 16.6. The summed E-state index contributed by atoms with van der Waals surface area (Å²) in [5.74, 6) is 0.867. The first-order chi connectivity index (χ1) is 8.90. The second-order valence-corrected chi connectivity index (χ2v) is 6.97. The number of carbonyl (C=O) groups is 2. The molecule has 4 heteroatoms. The fourth-order valence-corrected chi connectivity index (χ4v) is 4.38. The minimum Gasteiger partial charge on any atom is -0.465 e. The lowest BCUT2D eigenvalue weighted by Crippen LogP contribution is -2.43. The van der Waals surface area contributed by atoms with E-state index in [4.69, 9.17) is 9.47 Å². The molecule has 106 valence electrons. The minimum atomic E-state index is -0.0774. The smallest absolute Gasteiger partial charge is 0.309 e. The van der Waals surface area contributed by atoms with Gasteiger partial charge in [-0.15, -0.1) is 0 Å². The molecular weight excluding hydrogens is 244 g/mol. The van der Waals surface area contributed by atoms with Crippen molar-refractivity contribution in [3.8, 4) is 0 Å². The molecule has 2 heterocycles. The summed E-state index contributed by atoms with van der Waals surface area (Å²) in [5, 5.41) is 0. The molecule has 2 saturated heterocycles. The highest BCUT2D eigenvalue weighted by Gasteiger charge is 2.54. The van der Waals surface area contributed by atoms with Crippen molar-refractivity contribution in [2.24, 2.45) is 29.1 Å². The monoisotopic (exact) mass is 266 g/mol. The zero-order valence-electron chi connectivity index (χ0n) is 11.8. The van der Waals surface area contributed by atoms with Crippen LogP contribution in [0.25, 0.3) is 0 Å². The van der Waals surface area contributed by atoms with Gasteiger partial charge in [0.15, 0.2) is 0 Å². The average Bonchev–Trinajstić information content (AvgIpc) is 2.54. The van der Waals surface area contributed by atoms with Crippen molar-refractivity contribution in [2.75, 3.05) is 6.61 Å². The molecule has 6 atom stereocenters. The van der Waals surface area contributed by atoms with Gasteiger partial charge in [0.25, 0.3) is 0 Å². The Hall–Kier alpha value is -1.06. The number of hydrogen-bond acceptors (Lipinski definition) is 4. The van der Waals surface area contributed by atoms with Crippen LogP contribution in [0.1, 0.15) is 40.0 Å². The lowest BCUT2D eigenvalue weighted by molar-refractivity contribution is -0.162. The minimum absolute atomic E-state index is 0.00498. The van der Waals surface area contributed by atoms with E-state index in [1.165, 1.54) is 0 Å². The number of cyclic esters (lactones) is 1. The summed E-state index contributed by atoms with van der Waals surface area (Å²) < 4.78 is 10.8. The van der Waals surface area contributed by atoms with E-state index in [0.717, 1.165) is 12.8 Å². The first-order valence-corrected chi connectivity index (χ1v) is 7.27. The Balaban J connectivity index is 1.91. The molecule has 19 heavy (non-hydrogen) atoms. The molecule has 0 bridgehead atoms. The van der Waals surface area contributed by atoms with Crippen LogP contribution in [-0.2, 0) is 19.1 Å². The van der Waals surface area contributed by atoms with E-state index in [1.54, 1.807) is 0 Å². The lowest BCUT2D eigenvalue weighted by Gasteiger charge is -2.42. The Morgan fingerprint density at radius 2 is 2.00 bits per heavy atom. The fourth-order valence-electron chi connectivity index (χ4n) is 4.38. The van der Waals surface area contributed by atoms with Gasteiger partial charge in [-0.3, -0.25) is 9.59 Å². The van der Waals surface area contributed by atoms with E-state index in [2.05, 4.69) is 13.8 Å². The van der Waals surface area contributed by atoms with Crippen LogP contribution in [0.15, 0.2) is 0 Å². The van der Waals surface area contributed by atoms with Crippen LogP contribution in [0.2, 0.25) is 0 Å². The van der Waals surface area contributed by atoms with Gasteiger partial charge in [0.05, 0.1) is 12.5 Å². The van der Waals surface area contributed by atoms with Crippen LogP contribution in [0, 0.1) is 29.1 Å². The van der Waals surface area contributed by atoms with Gasteiger partial charge < -0.3 is 9.47 Å². The van der Waals surface area contributed by atoms with Crippen molar-refractivity contribution in [2.45, 2.75) is 46.1 Å². The standard InChI is InChI=1S/C15H22O4/c1-8-4-12-10(9(2)14(17)19-12)6-15(3)7-18-13(16)5-11(8)15/h8-12H,4-7H2,1-3H3. The number of carbonyl (C=O) groups excluding carboxylic acids is 2. The van der Waals surface area contributed by atoms with E-state index in [-0.39, 0.29) is 35.3 Å². The van der Waals surface area contributed by atoms with Crippen LogP contribution < -0.4 is 0 Å². The molecule has 0 N–H and O–H groups in total. The maximum absolute atomic E-state index is 11.8. The van der Waals surface area contributed by atoms with E-state index in [9.17, 15) is 9.59 Å². The molecule has 4 nitrogen and oxygen atoms in total. The molecular formula is C15H22O4. The Morgan fingerprint density at radius 1 is 1.26 bits per heavy atom. The molecule has 0 amide bonds. The van der Waals surface area contributed by atoms with Crippen LogP contribution in [0.4, 0.5) is 0 Å². The van der Waals surface area contributed by atoms with Crippen molar-refractivity contribution >= 4 is 11.9 Å². The summed E-state index contributed by atoms with van der Waals surface area (Å²) >= 11 is 0. The van der Waals surface area contributed by atoms with Gasteiger partial charge in [-0.2, -0.15) is 0 Å². The first-order valence-electron chi connectivity index (χ1n) is 7.27. The van der Waals surface area contributed by atoms with Crippen LogP contribution in [-0.4, -0.2) is 24.6 Å². The molecule has 1 saturated carbocycles. The number of ether oxygens (including phenoxy) is 2.